The van der Waals surface area contributed by atoms with Gasteiger partial charge in [0.15, 0.2) is 10.1 Å². The van der Waals surface area contributed by atoms with Crippen molar-refractivity contribution >= 4 is 55.0 Å². The molecule has 8 nitrogen and oxygen atoms in total. The number of rotatable bonds is 4. The molecular formula is C13H7N5O3S3. The van der Waals surface area contributed by atoms with Gasteiger partial charge >= 0.3 is 5.00 Å². The van der Waals surface area contributed by atoms with Crippen LogP contribution in [-0.4, -0.2) is 25.2 Å². The summed E-state index contributed by atoms with van der Waals surface area (Å²) < 4.78 is 1.71. The van der Waals surface area contributed by atoms with Crippen LogP contribution in [-0.2, 0) is 0 Å². The van der Waals surface area contributed by atoms with Gasteiger partial charge in [-0.15, -0.1) is 22.7 Å². The van der Waals surface area contributed by atoms with Crippen LogP contribution in [0.15, 0.2) is 35.3 Å². The van der Waals surface area contributed by atoms with Crippen molar-refractivity contribution < 1.29 is 9.72 Å². The van der Waals surface area contributed by atoms with Crippen molar-refractivity contribution in [1.82, 2.24) is 14.4 Å². The van der Waals surface area contributed by atoms with Crippen LogP contribution in [0.2, 0.25) is 0 Å². The molecule has 24 heavy (non-hydrogen) atoms. The van der Waals surface area contributed by atoms with Gasteiger partial charge in [0.2, 0.25) is 0 Å². The lowest BCUT2D eigenvalue weighted by Gasteiger charge is -1.99. The van der Waals surface area contributed by atoms with Crippen molar-refractivity contribution in [2.24, 2.45) is 0 Å². The number of aromatic nitrogens is 3. The van der Waals surface area contributed by atoms with Crippen LogP contribution in [0.3, 0.4) is 0 Å². The summed E-state index contributed by atoms with van der Waals surface area (Å²) in [5, 5.41) is 17.0. The molecule has 0 aromatic carbocycles. The SMILES string of the molecule is O=C(Nc1ncc([N+](=O)[O-])s1)c1csc2nc(-c3cccs3)cn12. The van der Waals surface area contributed by atoms with E-state index in [1.54, 1.807) is 27.3 Å². The molecule has 0 aliphatic rings. The molecule has 0 saturated heterocycles. The minimum absolute atomic E-state index is 0.122. The van der Waals surface area contributed by atoms with E-state index >= 15 is 0 Å². The van der Waals surface area contributed by atoms with Crippen LogP contribution in [0.5, 0.6) is 0 Å². The van der Waals surface area contributed by atoms with Gasteiger partial charge in [-0.25, -0.2) is 9.97 Å². The minimum atomic E-state index is -0.542. The molecule has 120 valence electrons. The van der Waals surface area contributed by atoms with Crippen molar-refractivity contribution in [2.75, 3.05) is 5.32 Å². The van der Waals surface area contributed by atoms with Gasteiger partial charge < -0.3 is 0 Å². The fraction of sp³-hybridized carbons (Fsp3) is 0. The van der Waals surface area contributed by atoms with Crippen LogP contribution in [0, 0.1) is 10.1 Å². The number of thiazole rings is 2. The predicted molar refractivity (Wildman–Crippen MR) is 93.1 cm³/mol. The zero-order chi connectivity index (χ0) is 16.7. The number of imidazole rings is 1. The third-order valence-electron chi connectivity index (χ3n) is 3.11. The number of nitrogens with zero attached hydrogens (tertiary/aromatic N) is 4. The summed E-state index contributed by atoms with van der Waals surface area (Å²) >= 11 is 3.74. The van der Waals surface area contributed by atoms with E-state index < -0.39 is 4.92 Å². The van der Waals surface area contributed by atoms with Crippen LogP contribution >= 0.6 is 34.0 Å². The molecule has 0 aliphatic heterocycles. The molecule has 0 spiro atoms. The molecule has 11 heteroatoms. The van der Waals surface area contributed by atoms with Crippen molar-refractivity contribution in [3.8, 4) is 10.6 Å². The van der Waals surface area contributed by atoms with E-state index in [-0.39, 0.29) is 16.0 Å². The van der Waals surface area contributed by atoms with Crippen LogP contribution in [0.4, 0.5) is 10.1 Å². The van der Waals surface area contributed by atoms with E-state index in [2.05, 4.69) is 15.3 Å². The first-order chi connectivity index (χ1) is 11.6. The number of anilines is 1. The summed E-state index contributed by atoms with van der Waals surface area (Å²) in [6.45, 7) is 0. The van der Waals surface area contributed by atoms with Crippen LogP contribution in [0.1, 0.15) is 10.5 Å². The van der Waals surface area contributed by atoms with Gasteiger partial charge in [0.25, 0.3) is 5.91 Å². The number of nitro groups is 1. The average molecular weight is 377 g/mol. The molecule has 4 aromatic rings. The number of hydrogen-bond acceptors (Lipinski definition) is 8. The Labute approximate surface area is 146 Å². The summed E-state index contributed by atoms with van der Waals surface area (Å²) in [6, 6.07) is 3.90. The second-order valence-corrected chi connectivity index (χ2v) is 7.39. The maximum absolute atomic E-state index is 12.4. The molecule has 4 rings (SSSR count). The molecule has 0 atom stereocenters. The van der Waals surface area contributed by atoms with Crippen LogP contribution in [0.25, 0.3) is 15.5 Å². The fourth-order valence-electron chi connectivity index (χ4n) is 2.06. The quantitative estimate of drug-likeness (QED) is 0.431. The molecule has 0 radical (unpaired) electrons. The number of nitrogens with one attached hydrogen (secondary N) is 1. The number of amides is 1. The normalized spacial score (nSPS) is 11.0. The molecule has 0 unspecified atom stereocenters. The number of fused-ring (bicyclic) bond motifs is 1. The maximum atomic E-state index is 12.4. The van der Waals surface area contributed by atoms with Gasteiger partial charge in [-0.3, -0.25) is 24.6 Å². The van der Waals surface area contributed by atoms with Gasteiger partial charge in [0.05, 0.1) is 9.80 Å². The van der Waals surface area contributed by atoms with E-state index in [0.29, 0.717) is 10.7 Å². The molecule has 4 heterocycles. The van der Waals surface area contributed by atoms with E-state index in [1.807, 2.05) is 17.5 Å². The highest BCUT2D eigenvalue weighted by Crippen LogP contribution is 2.28. The van der Waals surface area contributed by atoms with Gasteiger partial charge in [-0.2, -0.15) is 0 Å². The first-order valence-electron chi connectivity index (χ1n) is 6.54. The third-order valence-corrected chi connectivity index (χ3v) is 5.71. The first kappa shape index (κ1) is 14.9. The summed E-state index contributed by atoms with van der Waals surface area (Å²) in [4.78, 5) is 32.6. The Morgan fingerprint density at radius 2 is 2.25 bits per heavy atom. The molecule has 1 amide bonds. The molecule has 4 aromatic heterocycles. The number of carbonyl (C=O) groups excluding carboxylic acids is 1. The number of thiophene rings is 1. The van der Waals surface area contributed by atoms with Crippen molar-refractivity contribution in [3.63, 3.8) is 0 Å². The Morgan fingerprint density at radius 1 is 1.38 bits per heavy atom. The lowest BCUT2D eigenvalue weighted by molar-refractivity contribution is -0.380. The average Bonchev–Trinajstić information content (AvgIpc) is 3.30. The Morgan fingerprint density at radius 3 is 2.96 bits per heavy atom. The Kier molecular flexibility index (Phi) is 3.59. The Hall–Kier alpha value is -2.63. The van der Waals surface area contributed by atoms with Crippen LogP contribution < -0.4 is 5.32 Å². The highest BCUT2D eigenvalue weighted by Gasteiger charge is 2.18. The summed E-state index contributed by atoms with van der Waals surface area (Å²) in [5.74, 6) is -0.388. The second-order valence-electron chi connectivity index (χ2n) is 4.59. The van der Waals surface area contributed by atoms with Gasteiger partial charge in [0.1, 0.15) is 17.6 Å². The summed E-state index contributed by atoms with van der Waals surface area (Å²) in [6.07, 6.45) is 2.92. The smallest absolute Gasteiger partial charge is 0.296 e. The third kappa shape index (κ3) is 2.58. The van der Waals surface area contributed by atoms with E-state index in [9.17, 15) is 14.9 Å². The van der Waals surface area contributed by atoms with Crippen molar-refractivity contribution in [2.45, 2.75) is 0 Å². The molecule has 1 N–H and O–H groups in total. The van der Waals surface area contributed by atoms with E-state index in [4.69, 9.17) is 0 Å². The molecule has 0 saturated carbocycles. The number of hydrogen-bond donors (Lipinski definition) is 1. The largest absolute Gasteiger partial charge is 0.345 e. The Balaban J connectivity index is 1.63. The van der Waals surface area contributed by atoms with Gasteiger partial charge in [-0.05, 0) is 22.8 Å². The van der Waals surface area contributed by atoms with E-state index in [0.717, 1.165) is 28.1 Å². The fourth-order valence-corrected chi connectivity index (χ4v) is 4.22. The molecule has 0 aliphatic carbocycles. The topological polar surface area (TPSA) is 102 Å². The first-order valence-corrected chi connectivity index (χ1v) is 9.11. The Bertz CT molecular complexity index is 1050. The van der Waals surface area contributed by atoms with E-state index in [1.165, 1.54) is 11.3 Å². The maximum Gasteiger partial charge on any atom is 0.345 e. The summed E-state index contributed by atoms with van der Waals surface area (Å²) in [7, 11) is 0. The standard InChI is InChI=1S/C13H7N5O3S3/c19-11(16-12-14-4-10(24-12)18(20)21)8-6-23-13-15-7(5-17(8)13)9-2-1-3-22-9/h1-6H,(H,14,16,19). The highest BCUT2D eigenvalue weighted by atomic mass is 32.1. The minimum Gasteiger partial charge on any atom is -0.296 e. The molecule has 0 bridgehead atoms. The number of carbonyl (C=O) groups is 1. The monoisotopic (exact) mass is 377 g/mol. The zero-order valence-electron chi connectivity index (χ0n) is 11.7. The lowest BCUT2D eigenvalue weighted by Crippen LogP contribution is -2.13. The van der Waals surface area contributed by atoms with Crippen molar-refractivity contribution in [1.29, 1.82) is 0 Å². The highest BCUT2D eigenvalue weighted by molar-refractivity contribution is 7.19. The second kappa shape index (κ2) is 5.78. The zero-order valence-corrected chi connectivity index (χ0v) is 14.2. The molecule has 0 fully saturated rings. The van der Waals surface area contributed by atoms with Gasteiger partial charge in [0, 0.05) is 11.6 Å². The lowest BCUT2D eigenvalue weighted by atomic mass is 10.4. The molecular weight excluding hydrogens is 370 g/mol. The van der Waals surface area contributed by atoms with Gasteiger partial charge in [-0.1, -0.05) is 6.07 Å². The predicted octanol–water partition coefficient (Wildman–Crippen LogP) is 3.74. The summed E-state index contributed by atoms with van der Waals surface area (Å²) in [5.41, 5.74) is 1.21. The van der Waals surface area contributed by atoms with Crippen molar-refractivity contribution in [3.05, 3.63) is 51.1 Å².